The summed E-state index contributed by atoms with van der Waals surface area (Å²) in [5.41, 5.74) is 1.53. The summed E-state index contributed by atoms with van der Waals surface area (Å²) in [6, 6.07) is 14.7. The Morgan fingerprint density at radius 2 is 1.68 bits per heavy atom. The third-order valence-corrected chi connectivity index (χ3v) is 6.64. The Kier molecular flexibility index (Phi) is 9.07. The summed E-state index contributed by atoms with van der Waals surface area (Å²) in [6.07, 6.45) is 3.81. The fourth-order valence-corrected chi connectivity index (χ4v) is 4.68. The molecule has 2 heterocycles. The van der Waals surface area contributed by atoms with Crippen molar-refractivity contribution in [3.05, 3.63) is 65.7 Å². The molecule has 2 aromatic rings. The van der Waals surface area contributed by atoms with Crippen molar-refractivity contribution in [2.24, 2.45) is 4.99 Å². The Labute approximate surface area is 221 Å². The first-order chi connectivity index (χ1) is 18.4. The topological polar surface area (TPSA) is 131 Å². The summed E-state index contributed by atoms with van der Waals surface area (Å²) in [7, 11) is 0. The quantitative estimate of drug-likeness (QED) is 0.381. The van der Waals surface area contributed by atoms with Gasteiger partial charge in [0, 0.05) is 30.9 Å². The number of carbonyl (C=O) groups excluding carboxylic acids is 3. The van der Waals surface area contributed by atoms with E-state index in [2.05, 4.69) is 15.6 Å². The van der Waals surface area contributed by atoms with Gasteiger partial charge >= 0.3 is 5.97 Å². The number of hydrogen-bond acceptors (Lipinski definition) is 5. The molecule has 3 N–H and O–H groups in total. The second kappa shape index (κ2) is 12.8. The maximum absolute atomic E-state index is 13.5. The summed E-state index contributed by atoms with van der Waals surface area (Å²) in [6.45, 7) is 1.97. The molecule has 0 aliphatic carbocycles. The summed E-state index contributed by atoms with van der Waals surface area (Å²) < 4.78 is 0. The highest BCUT2D eigenvalue weighted by Gasteiger charge is 2.30. The van der Waals surface area contributed by atoms with Gasteiger partial charge in [0.25, 0.3) is 5.91 Å². The monoisotopic (exact) mass is 519 g/mol. The van der Waals surface area contributed by atoms with E-state index in [1.54, 1.807) is 64.4 Å². The molecule has 2 aliphatic heterocycles. The van der Waals surface area contributed by atoms with Crippen molar-refractivity contribution < 1.29 is 24.3 Å². The summed E-state index contributed by atoms with van der Waals surface area (Å²) in [5.74, 6) is -1.58. The van der Waals surface area contributed by atoms with Crippen LogP contribution in [0, 0.1) is 0 Å². The molecule has 0 bridgehead atoms. The largest absolute Gasteiger partial charge is 0.481 e. The SMILES string of the molecule is O=C(O)Cc1cccc(NC(=NC2CCCCN(CC(=O)N3CCCC3)C2=O)NC(=O)c2ccccc2)c1. The molecule has 0 spiro atoms. The van der Waals surface area contributed by atoms with E-state index in [0.717, 1.165) is 38.8 Å². The fourth-order valence-electron chi connectivity index (χ4n) is 4.68. The lowest BCUT2D eigenvalue weighted by atomic mass is 10.1. The number of nitrogens with zero attached hydrogens (tertiary/aromatic N) is 3. The van der Waals surface area contributed by atoms with Gasteiger partial charge in [-0.15, -0.1) is 0 Å². The second-order valence-corrected chi connectivity index (χ2v) is 9.55. The van der Waals surface area contributed by atoms with Crippen LogP contribution in [0.25, 0.3) is 0 Å². The third kappa shape index (κ3) is 7.41. The molecule has 10 heteroatoms. The van der Waals surface area contributed by atoms with E-state index in [9.17, 15) is 19.2 Å². The van der Waals surface area contributed by atoms with Crippen molar-refractivity contribution in [1.29, 1.82) is 0 Å². The molecule has 3 amide bonds. The molecule has 1 unspecified atom stereocenters. The number of nitrogens with one attached hydrogen (secondary N) is 2. The van der Waals surface area contributed by atoms with Crippen LogP contribution in [-0.4, -0.2) is 76.8 Å². The van der Waals surface area contributed by atoms with Crippen molar-refractivity contribution >= 4 is 35.3 Å². The normalized spacial score (nSPS) is 18.2. The van der Waals surface area contributed by atoms with Crippen LogP contribution in [0.3, 0.4) is 0 Å². The van der Waals surface area contributed by atoms with Crippen molar-refractivity contribution in [2.75, 3.05) is 31.5 Å². The molecule has 2 aliphatic rings. The van der Waals surface area contributed by atoms with E-state index in [4.69, 9.17) is 5.11 Å². The number of carboxylic acid groups (broad SMARTS) is 1. The average molecular weight is 520 g/mol. The van der Waals surface area contributed by atoms with E-state index in [1.165, 1.54) is 0 Å². The van der Waals surface area contributed by atoms with E-state index in [0.29, 0.717) is 29.8 Å². The smallest absolute Gasteiger partial charge is 0.307 e. The molecule has 10 nitrogen and oxygen atoms in total. The molecule has 1 atom stereocenters. The van der Waals surface area contributed by atoms with Crippen molar-refractivity contribution in [1.82, 2.24) is 15.1 Å². The minimum Gasteiger partial charge on any atom is -0.481 e. The number of carbonyl (C=O) groups is 4. The van der Waals surface area contributed by atoms with Gasteiger partial charge in [-0.25, -0.2) is 4.99 Å². The standard InChI is InChI=1S/C28H33N5O5/c34-24(32-14-6-7-15-32)19-33-16-5-4-13-23(27(33)38)30-28(31-26(37)21-10-2-1-3-11-21)29-22-12-8-9-20(17-22)18-25(35)36/h1-3,8-12,17,23H,4-7,13-16,18-19H2,(H,35,36)(H2,29,30,31,37). The third-order valence-electron chi connectivity index (χ3n) is 6.64. The number of benzene rings is 2. The van der Waals surface area contributed by atoms with Gasteiger partial charge in [0.15, 0.2) is 0 Å². The van der Waals surface area contributed by atoms with Gasteiger partial charge in [-0.3, -0.25) is 24.5 Å². The highest BCUT2D eigenvalue weighted by molar-refractivity contribution is 6.10. The number of anilines is 1. The summed E-state index contributed by atoms with van der Waals surface area (Å²) >= 11 is 0. The lowest BCUT2D eigenvalue weighted by Gasteiger charge is -2.25. The lowest BCUT2D eigenvalue weighted by molar-refractivity contribution is -0.140. The zero-order valence-corrected chi connectivity index (χ0v) is 21.3. The zero-order chi connectivity index (χ0) is 26.9. The maximum Gasteiger partial charge on any atom is 0.307 e. The van der Waals surface area contributed by atoms with Crippen molar-refractivity contribution in [3.63, 3.8) is 0 Å². The van der Waals surface area contributed by atoms with Crippen molar-refractivity contribution in [2.45, 2.75) is 44.6 Å². The molecule has 2 aromatic carbocycles. The van der Waals surface area contributed by atoms with E-state index < -0.39 is 17.9 Å². The van der Waals surface area contributed by atoms with Gasteiger partial charge in [-0.05, 0) is 61.9 Å². The molecule has 200 valence electrons. The number of aliphatic imine (C=N–C) groups is 1. The number of rotatable bonds is 7. The van der Waals surface area contributed by atoms with Gasteiger partial charge in [0.2, 0.25) is 17.8 Å². The van der Waals surface area contributed by atoms with Gasteiger partial charge < -0.3 is 20.2 Å². The minimum atomic E-state index is -0.957. The van der Waals surface area contributed by atoms with Gasteiger partial charge in [0.05, 0.1) is 13.0 Å². The van der Waals surface area contributed by atoms with Crippen LogP contribution in [0.2, 0.25) is 0 Å². The van der Waals surface area contributed by atoms with Crippen LogP contribution >= 0.6 is 0 Å². The number of guanidine groups is 1. The second-order valence-electron chi connectivity index (χ2n) is 9.55. The molecular weight excluding hydrogens is 486 g/mol. The van der Waals surface area contributed by atoms with Crippen molar-refractivity contribution in [3.8, 4) is 0 Å². The fraction of sp³-hybridized carbons (Fsp3) is 0.393. The van der Waals surface area contributed by atoms with Crippen LogP contribution < -0.4 is 10.6 Å². The number of likely N-dealkylation sites (tertiary alicyclic amines) is 2. The molecule has 2 fully saturated rings. The average Bonchev–Trinajstić information content (AvgIpc) is 3.39. The first kappa shape index (κ1) is 26.8. The lowest BCUT2D eigenvalue weighted by Crippen LogP contribution is -2.45. The highest BCUT2D eigenvalue weighted by Crippen LogP contribution is 2.18. The Morgan fingerprint density at radius 1 is 0.947 bits per heavy atom. The molecule has 4 rings (SSSR count). The van der Waals surface area contributed by atoms with Crippen LogP contribution in [-0.2, 0) is 20.8 Å². The van der Waals surface area contributed by atoms with Crippen LogP contribution in [0.4, 0.5) is 5.69 Å². The zero-order valence-electron chi connectivity index (χ0n) is 21.3. The minimum absolute atomic E-state index is 0.0290. The number of carboxylic acids is 1. The molecule has 38 heavy (non-hydrogen) atoms. The molecule has 0 aromatic heterocycles. The number of amides is 3. The predicted octanol–water partition coefficient (Wildman–Crippen LogP) is 2.52. The summed E-state index contributed by atoms with van der Waals surface area (Å²) in [4.78, 5) is 58.3. The van der Waals surface area contributed by atoms with Crippen LogP contribution in [0.5, 0.6) is 0 Å². The Hall–Kier alpha value is -4.21. The number of hydrogen-bond donors (Lipinski definition) is 3. The van der Waals surface area contributed by atoms with Crippen LogP contribution in [0.1, 0.15) is 48.0 Å². The Morgan fingerprint density at radius 3 is 2.42 bits per heavy atom. The van der Waals surface area contributed by atoms with E-state index >= 15 is 0 Å². The maximum atomic E-state index is 13.5. The Balaban J connectivity index is 1.56. The Bertz CT molecular complexity index is 1190. The highest BCUT2D eigenvalue weighted by atomic mass is 16.4. The molecule has 0 saturated carbocycles. The summed E-state index contributed by atoms with van der Waals surface area (Å²) in [5, 5.41) is 15.0. The van der Waals surface area contributed by atoms with E-state index in [1.807, 2.05) is 0 Å². The first-order valence-corrected chi connectivity index (χ1v) is 13.0. The molecule has 0 radical (unpaired) electrons. The molecule has 2 saturated heterocycles. The van der Waals surface area contributed by atoms with E-state index in [-0.39, 0.29) is 30.7 Å². The predicted molar refractivity (Wildman–Crippen MR) is 143 cm³/mol. The first-order valence-electron chi connectivity index (χ1n) is 13.0. The van der Waals surface area contributed by atoms with Gasteiger partial charge in [-0.1, -0.05) is 30.3 Å². The van der Waals surface area contributed by atoms with Crippen LogP contribution in [0.15, 0.2) is 59.6 Å². The van der Waals surface area contributed by atoms with Gasteiger partial charge in [-0.2, -0.15) is 0 Å². The number of aliphatic carboxylic acids is 1. The molecular formula is C28H33N5O5. The van der Waals surface area contributed by atoms with Gasteiger partial charge in [0.1, 0.15) is 6.04 Å².